The maximum Gasteiger partial charge on any atom is 0.320 e. The molecule has 1 spiro atoms. The highest BCUT2D eigenvalue weighted by Crippen LogP contribution is 2.40. The fourth-order valence-electron chi connectivity index (χ4n) is 3.98. The van der Waals surface area contributed by atoms with Gasteiger partial charge in [0.25, 0.3) is 0 Å². The maximum atomic E-state index is 11.6. The average Bonchev–Trinajstić information content (AvgIpc) is 2.75. The summed E-state index contributed by atoms with van der Waals surface area (Å²) in [5.41, 5.74) is 0.0446. The van der Waals surface area contributed by atoms with Crippen molar-refractivity contribution in [3.8, 4) is 0 Å². The zero-order chi connectivity index (χ0) is 14.0. The molecule has 3 saturated heterocycles. The molecule has 3 aliphatic rings. The van der Waals surface area contributed by atoms with Crippen molar-refractivity contribution in [3.05, 3.63) is 0 Å². The molecule has 4 nitrogen and oxygen atoms in total. The van der Waals surface area contributed by atoms with E-state index in [2.05, 4.69) is 4.90 Å². The van der Waals surface area contributed by atoms with Crippen molar-refractivity contribution >= 4 is 17.7 Å². The van der Waals surface area contributed by atoms with E-state index in [4.69, 9.17) is 4.74 Å². The number of ether oxygens (including phenoxy) is 1. The number of carbonyl (C=O) groups is 1. The molecule has 0 saturated carbocycles. The Balaban J connectivity index is 1.73. The van der Waals surface area contributed by atoms with Crippen LogP contribution in [0.3, 0.4) is 0 Å². The molecule has 3 atom stereocenters. The van der Waals surface area contributed by atoms with E-state index in [0.29, 0.717) is 6.04 Å². The van der Waals surface area contributed by atoms with Crippen LogP contribution in [0.2, 0.25) is 0 Å². The molecule has 3 rings (SSSR count). The molecule has 3 heterocycles. The standard InChI is InChI=1S/C15H25NO3S/c17-14(18)13-4-2-1-3-7-16(13)12-5-8-19-15(10-12)6-9-20-11-15/h12-13H,1-11H2,(H,17,18). The Morgan fingerprint density at radius 1 is 1.30 bits per heavy atom. The summed E-state index contributed by atoms with van der Waals surface area (Å²) in [5, 5.41) is 9.54. The largest absolute Gasteiger partial charge is 0.480 e. The number of hydrogen-bond acceptors (Lipinski definition) is 4. The predicted octanol–water partition coefficient (Wildman–Crippen LogP) is 2.37. The van der Waals surface area contributed by atoms with Gasteiger partial charge >= 0.3 is 5.97 Å². The number of hydrogen-bond donors (Lipinski definition) is 1. The highest BCUT2D eigenvalue weighted by Gasteiger charge is 2.44. The summed E-state index contributed by atoms with van der Waals surface area (Å²) in [6.07, 6.45) is 7.35. The van der Waals surface area contributed by atoms with Gasteiger partial charge in [-0.2, -0.15) is 11.8 Å². The van der Waals surface area contributed by atoms with Gasteiger partial charge in [-0.15, -0.1) is 0 Å². The molecular formula is C15H25NO3S. The van der Waals surface area contributed by atoms with Crippen LogP contribution in [-0.2, 0) is 9.53 Å². The lowest BCUT2D eigenvalue weighted by molar-refractivity contribution is -0.148. The third kappa shape index (κ3) is 3.00. The molecule has 3 aliphatic heterocycles. The average molecular weight is 299 g/mol. The number of aliphatic carboxylic acids is 1. The Kier molecular flexibility index (Phi) is 4.58. The van der Waals surface area contributed by atoms with Crippen LogP contribution in [0, 0.1) is 0 Å². The third-order valence-electron chi connectivity index (χ3n) is 5.08. The van der Waals surface area contributed by atoms with Gasteiger partial charge in [0.1, 0.15) is 6.04 Å². The van der Waals surface area contributed by atoms with Gasteiger partial charge in [0.2, 0.25) is 0 Å². The molecule has 0 aromatic heterocycles. The molecule has 1 N–H and O–H groups in total. The van der Waals surface area contributed by atoms with E-state index in [9.17, 15) is 9.90 Å². The first kappa shape index (κ1) is 14.7. The van der Waals surface area contributed by atoms with E-state index in [1.54, 1.807) is 0 Å². The van der Waals surface area contributed by atoms with E-state index < -0.39 is 5.97 Å². The monoisotopic (exact) mass is 299 g/mol. The summed E-state index contributed by atoms with van der Waals surface area (Å²) in [5.74, 6) is 1.65. The Morgan fingerprint density at radius 3 is 2.95 bits per heavy atom. The first-order valence-corrected chi connectivity index (χ1v) is 9.06. The molecule has 0 aliphatic carbocycles. The molecule has 5 heteroatoms. The minimum Gasteiger partial charge on any atom is -0.480 e. The van der Waals surface area contributed by atoms with Crippen molar-refractivity contribution in [3.63, 3.8) is 0 Å². The molecule has 0 amide bonds. The smallest absolute Gasteiger partial charge is 0.320 e. The number of nitrogens with zero attached hydrogens (tertiary/aromatic N) is 1. The third-order valence-corrected chi connectivity index (χ3v) is 6.31. The second kappa shape index (κ2) is 6.24. The van der Waals surface area contributed by atoms with Crippen molar-refractivity contribution in [2.24, 2.45) is 0 Å². The van der Waals surface area contributed by atoms with Gasteiger partial charge in [0, 0.05) is 18.4 Å². The lowest BCUT2D eigenvalue weighted by atomic mass is 9.88. The predicted molar refractivity (Wildman–Crippen MR) is 80.2 cm³/mol. The Labute approximate surface area is 125 Å². The zero-order valence-corrected chi connectivity index (χ0v) is 12.9. The molecule has 3 fully saturated rings. The fourth-order valence-corrected chi connectivity index (χ4v) is 5.36. The molecule has 0 bridgehead atoms. The van der Waals surface area contributed by atoms with Crippen molar-refractivity contribution in [1.82, 2.24) is 4.90 Å². The van der Waals surface area contributed by atoms with E-state index in [-0.39, 0.29) is 11.6 Å². The quantitative estimate of drug-likeness (QED) is 0.848. The number of thioether (sulfide) groups is 1. The number of carboxylic acids is 1. The van der Waals surface area contributed by atoms with E-state index >= 15 is 0 Å². The Bertz CT molecular complexity index is 357. The van der Waals surface area contributed by atoms with Crippen molar-refractivity contribution < 1.29 is 14.6 Å². The molecule has 0 radical (unpaired) electrons. The first-order chi connectivity index (χ1) is 9.70. The maximum absolute atomic E-state index is 11.6. The van der Waals surface area contributed by atoms with Crippen LogP contribution in [0.4, 0.5) is 0 Å². The summed E-state index contributed by atoms with van der Waals surface area (Å²) in [6.45, 7) is 1.75. The zero-order valence-electron chi connectivity index (χ0n) is 12.1. The molecular weight excluding hydrogens is 274 g/mol. The van der Waals surface area contributed by atoms with Crippen LogP contribution in [0.1, 0.15) is 44.9 Å². The summed E-state index contributed by atoms with van der Waals surface area (Å²) >= 11 is 1.98. The van der Waals surface area contributed by atoms with Crippen LogP contribution in [0.15, 0.2) is 0 Å². The highest BCUT2D eigenvalue weighted by atomic mass is 32.2. The van der Waals surface area contributed by atoms with Crippen molar-refractivity contribution in [2.45, 2.75) is 62.6 Å². The summed E-state index contributed by atoms with van der Waals surface area (Å²) in [4.78, 5) is 13.9. The van der Waals surface area contributed by atoms with Gasteiger partial charge in [-0.05, 0) is 44.4 Å². The number of carboxylic acid groups (broad SMARTS) is 1. The second-order valence-electron chi connectivity index (χ2n) is 6.42. The van der Waals surface area contributed by atoms with Crippen molar-refractivity contribution in [1.29, 1.82) is 0 Å². The highest BCUT2D eigenvalue weighted by molar-refractivity contribution is 7.99. The normalized spacial score (nSPS) is 39.8. The van der Waals surface area contributed by atoms with Crippen LogP contribution >= 0.6 is 11.8 Å². The molecule has 3 unspecified atom stereocenters. The van der Waals surface area contributed by atoms with E-state index in [1.807, 2.05) is 11.8 Å². The van der Waals surface area contributed by atoms with Crippen LogP contribution < -0.4 is 0 Å². The van der Waals surface area contributed by atoms with Gasteiger partial charge in [0.05, 0.1) is 5.60 Å². The van der Waals surface area contributed by atoms with Gasteiger partial charge in [-0.3, -0.25) is 9.69 Å². The topological polar surface area (TPSA) is 49.8 Å². The lowest BCUT2D eigenvalue weighted by Crippen LogP contribution is -2.53. The Hall–Kier alpha value is -0.260. The van der Waals surface area contributed by atoms with E-state index in [0.717, 1.165) is 57.4 Å². The van der Waals surface area contributed by atoms with Gasteiger partial charge in [-0.25, -0.2) is 0 Å². The molecule has 0 aromatic carbocycles. The summed E-state index contributed by atoms with van der Waals surface area (Å²) < 4.78 is 6.08. The molecule has 114 valence electrons. The van der Waals surface area contributed by atoms with Gasteiger partial charge in [0.15, 0.2) is 0 Å². The van der Waals surface area contributed by atoms with E-state index in [1.165, 1.54) is 12.2 Å². The number of rotatable bonds is 2. The van der Waals surface area contributed by atoms with Crippen LogP contribution in [0.5, 0.6) is 0 Å². The molecule has 20 heavy (non-hydrogen) atoms. The minimum atomic E-state index is -0.631. The second-order valence-corrected chi connectivity index (χ2v) is 7.53. The first-order valence-electron chi connectivity index (χ1n) is 7.90. The Morgan fingerprint density at radius 2 is 2.20 bits per heavy atom. The summed E-state index contributed by atoms with van der Waals surface area (Å²) in [7, 11) is 0. The van der Waals surface area contributed by atoms with Crippen LogP contribution in [-0.4, -0.2) is 58.3 Å². The van der Waals surface area contributed by atoms with Gasteiger partial charge < -0.3 is 9.84 Å². The fraction of sp³-hybridized carbons (Fsp3) is 0.933. The van der Waals surface area contributed by atoms with Crippen molar-refractivity contribution in [2.75, 3.05) is 24.7 Å². The van der Waals surface area contributed by atoms with Crippen LogP contribution in [0.25, 0.3) is 0 Å². The number of likely N-dealkylation sites (tertiary alicyclic amines) is 1. The lowest BCUT2D eigenvalue weighted by Gasteiger charge is -2.44. The summed E-state index contributed by atoms with van der Waals surface area (Å²) in [6, 6.07) is 0.133. The van der Waals surface area contributed by atoms with Gasteiger partial charge in [-0.1, -0.05) is 12.8 Å². The minimum absolute atomic E-state index is 0.0446. The molecule has 0 aromatic rings. The SMILES string of the molecule is O=C(O)C1CCCCCN1C1CCOC2(CCSC2)C1.